The van der Waals surface area contributed by atoms with Gasteiger partial charge in [0.15, 0.2) is 5.96 Å². The summed E-state index contributed by atoms with van der Waals surface area (Å²) in [6.07, 6.45) is 4.14. The highest BCUT2D eigenvalue weighted by atomic mass is 35.5. The Morgan fingerprint density at radius 3 is 2.30 bits per heavy atom. The number of guanidine groups is 1. The van der Waals surface area contributed by atoms with Crippen molar-refractivity contribution in [2.24, 2.45) is 16.5 Å². The van der Waals surface area contributed by atoms with Gasteiger partial charge in [-0.05, 0) is 66.6 Å². The molecule has 3 aromatic rings. The number of ether oxygens (including phenoxy) is 1. The minimum Gasteiger partial charge on any atom is -0.486 e. The average molecular weight is 463 g/mol. The van der Waals surface area contributed by atoms with Gasteiger partial charge in [0.1, 0.15) is 11.9 Å². The normalized spacial score (nSPS) is 14.9. The Kier molecular flexibility index (Phi) is 7.74. The fourth-order valence-corrected chi connectivity index (χ4v) is 4.34. The van der Waals surface area contributed by atoms with Crippen LogP contribution in [0.5, 0.6) is 5.75 Å². The molecule has 0 saturated carbocycles. The van der Waals surface area contributed by atoms with Crippen molar-refractivity contribution < 1.29 is 4.74 Å². The Hall–Kier alpha value is -3.18. The Labute approximate surface area is 201 Å². The van der Waals surface area contributed by atoms with Crippen LogP contribution in [-0.4, -0.2) is 25.2 Å². The number of anilines is 1. The third-order valence-corrected chi connectivity index (χ3v) is 6.17. The van der Waals surface area contributed by atoms with Crippen molar-refractivity contribution >= 4 is 23.2 Å². The van der Waals surface area contributed by atoms with Gasteiger partial charge in [0.2, 0.25) is 0 Å². The van der Waals surface area contributed by atoms with Gasteiger partial charge in [-0.25, -0.2) is 0 Å². The van der Waals surface area contributed by atoms with Gasteiger partial charge in [-0.15, -0.1) is 0 Å². The molecule has 0 bridgehead atoms. The van der Waals surface area contributed by atoms with Crippen LogP contribution in [0.4, 0.5) is 5.69 Å². The second-order valence-corrected chi connectivity index (χ2v) is 8.92. The molecule has 6 heteroatoms. The lowest BCUT2D eigenvalue weighted by molar-refractivity contribution is 0.180. The molecule has 1 aliphatic rings. The molecule has 0 amide bonds. The molecule has 0 spiro atoms. The molecule has 1 aliphatic heterocycles. The van der Waals surface area contributed by atoms with Gasteiger partial charge < -0.3 is 21.1 Å². The fourth-order valence-electron chi connectivity index (χ4n) is 4.21. The van der Waals surface area contributed by atoms with Gasteiger partial charge in [0, 0.05) is 18.1 Å². The monoisotopic (exact) mass is 462 g/mol. The van der Waals surface area contributed by atoms with Crippen molar-refractivity contribution in [2.45, 2.75) is 38.3 Å². The maximum absolute atomic E-state index is 6.34. The van der Waals surface area contributed by atoms with E-state index in [2.05, 4.69) is 64.5 Å². The minimum absolute atomic E-state index is 0.144. The van der Waals surface area contributed by atoms with E-state index in [1.165, 1.54) is 16.7 Å². The van der Waals surface area contributed by atoms with Crippen molar-refractivity contribution in [1.29, 1.82) is 0 Å². The maximum Gasteiger partial charge on any atom is 0.185 e. The van der Waals surface area contributed by atoms with Gasteiger partial charge in [-0.1, -0.05) is 60.1 Å². The van der Waals surface area contributed by atoms with Gasteiger partial charge in [-0.2, -0.15) is 0 Å². The van der Waals surface area contributed by atoms with Crippen LogP contribution in [0.15, 0.2) is 77.8 Å². The lowest BCUT2D eigenvalue weighted by Gasteiger charge is -2.36. The van der Waals surface area contributed by atoms with E-state index >= 15 is 0 Å². The zero-order chi connectivity index (χ0) is 23.0. The largest absolute Gasteiger partial charge is 0.486 e. The highest BCUT2D eigenvalue weighted by Gasteiger charge is 2.25. The summed E-state index contributed by atoms with van der Waals surface area (Å²) in [5, 5.41) is 0.765. The van der Waals surface area contributed by atoms with E-state index in [-0.39, 0.29) is 12.1 Å². The first-order chi connectivity index (χ1) is 16.1. The predicted octanol–water partition coefficient (Wildman–Crippen LogP) is 4.95. The standard InChI is InChI=1S/C27H31ClN4O/c28-23-14-12-22(13-15-23)18-32-19-24(33-26-7-2-1-6-25(26)32)5-3-4-20-8-10-21(11-9-20)16-17-31-27(29)30/h1-2,6-15,24H,3-5,16-19H2,(H4,29,30,31). The summed E-state index contributed by atoms with van der Waals surface area (Å²) in [6.45, 7) is 2.34. The lowest BCUT2D eigenvalue weighted by Crippen LogP contribution is -2.39. The highest BCUT2D eigenvalue weighted by Crippen LogP contribution is 2.35. The minimum atomic E-state index is 0.144. The molecule has 0 aromatic heterocycles. The van der Waals surface area contributed by atoms with Crippen LogP contribution >= 0.6 is 11.6 Å². The molecular weight excluding hydrogens is 432 g/mol. The molecule has 1 atom stereocenters. The number of nitrogens with zero attached hydrogens (tertiary/aromatic N) is 2. The van der Waals surface area contributed by atoms with Crippen LogP contribution < -0.4 is 21.1 Å². The van der Waals surface area contributed by atoms with Crippen molar-refractivity contribution in [1.82, 2.24) is 0 Å². The SMILES string of the molecule is NC(N)=NCCc1ccc(CCCC2CN(Cc3ccc(Cl)cc3)c3ccccc3O2)cc1. The molecular formula is C27H31ClN4O. The second-order valence-electron chi connectivity index (χ2n) is 8.48. The van der Waals surface area contributed by atoms with E-state index in [4.69, 9.17) is 27.8 Å². The third kappa shape index (κ3) is 6.65. The number of hydrogen-bond donors (Lipinski definition) is 2. The number of para-hydroxylation sites is 2. The smallest absolute Gasteiger partial charge is 0.185 e. The average Bonchev–Trinajstić information content (AvgIpc) is 2.81. The molecule has 0 saturated heterocycles. The molecule has 172 valence electrons. The highest BCUT2D eigenvalue weighted by molar-refractivity contribution is 6.30. The number of nitrogens with two attached hydrogens (primary N) is 2. The van der Waals surface area contributed by atoms with Gasteiger partial charge in [0.25, 0.3) is 0 Å². The van der Waals surface area contributed by atoms with Gasteiger partial charge in [0.05, 0.1) is 12.2 Å². The molecule has 0 aliphatic carbocycles. The van der Waals surface area contributed by atoms with E-state index < -0.39 is 0 Å². The summed E-state index contributed by atoms with van der Waals surface area (Å²) in [5.74, 6) is 1.11. The molecule has 33 heavy (non-hydrogen) atoms. The maximum atomic E-state index is 6.34. The number of benzene rings is 3. The summed E-state index contributed by atoms with van der Waals surface area (Å²) in [4.78, 5) is 6.46. The Morgan fingerprint density at radius 1 is 0.909 bits per heavy atom. The molecule has 5 nitrogen and oxygen atoms in total. The summed E-state index contributed by atoms with van der Waals surface area (Å²) >= 11 is 6.06. The van der Waals surface area contributed by atoms with Crippen LogP contribution in [0.25, 0.3) is 0 Å². The van der Waals surface area contributed by atoms with E-state index in [1.807, 2.05) is 18.2 Å². The molecule has 3 aromatic carbocycles. The Bertz CT molecular complexity index is 1060. The van der Waals surface area contributed by atoms with Crippen LogP contribution in [-0.2, 0) is 19.4 Å². The molecule has 1 heterocycles. The molecule has 0 radical (unpaired) electrons. The Balaban J connectivity index is 1.32. The van der Waals surface area contributed by atoms with Crippen molar-refractivity contribution in [3.63, 3.8) is 0 Å². The van der Waals surface area contributed by atoms with Crippen molar-refractivity contribution in [3.8, 4) is 5.75 Å². The summed E-state index contributed by atoms with van der Waals surface area (Å²) in [7, 11) is 0. The first-order valence-electron chi connectivity index (χ1n) is 11.4. The molecule has 4 rings (SSSR count). The summed E-state index contributed by atoms with van der Waals surface area (Å²) in [5.41, 5.74) is 15.8. The molecule has 1 unspecified atom stereocenters. The number of rotatable bonds is 9. The lowest BCUT2D eigenvalue weighted by atomic mass is 10.0. The molecule has 0 fully saturated rings. The number of hydrogen-bond acceptors (Lipinski definition) is 3. The van der Waals surface area contributed by atoms with Gasteiger partial charge in [-0.3, -0.25) is 4.99 Å². The van der Waals surface area contributed by atoms with Gasteiger partial charge >= 0.3 is 0 Å². The number of aryl methyl sites for hydroxylation is 1. The predicted molar refractivity (Wildman–Crippen MR) is 137 cm³/mol. The van der Waals surface area contributed by atoms with Crippen LogP contribution in [0, 0.1) is 0 Å². The zero-order valence-electron chi connectivity index (χ0n) is 18.8. The number of fused-ring (bicyclic) bond motifs is 1. The van der Waals surface area contributed by atoms with Crippen LogP contribution in [0.3, 0.4) is 0 Å². The van der Waals surface area contributed by atoms with E-state index in [1.54, 1.807) is 0 Å². The number of halogens is 1. The first-order valence-corrected chi connectivity index (χ1v) is 11.8. The van der Waals surface area contributed by atoms with E-state index in [0.717, 1.165) is 55.2 Å². The fraction of sp³-hybridized carbons (Fsp3) is 0.296. The zero-order valence-corrected chi connectivity index (χ0v) is 19.5. The summed E-state index contributed by atoms with van der Waals surface area (Å²) in [6, 6.07) is 25.1. The van der Waals surface area contributed by atoms with Crippen LogP contribution in [0.2, 0.25) is 5.02 Å². The number of aliphatic imine (C=N–C) groups is 1. The van der Waals surface area contributed by atoms with E-state index in [0.29, 0.717) is 6.54 Å². The molecule has 4 N–H and O–H groups in total. The van der Waals surface area contributed by atoms with Crippen molar-refractivity contribution in [2.75, 3.05) is 18.0 Å². The quantitative estimate of drug-likeness (QED) is 0.348. The summed E-state index contributed by atoms with van der Waals surface area (Å²) < 4.78 is 6.34. The topological polar surface area (TPSA) is 76.9 Å². The van der Waals surface area contributed by atoms with Crippen molar-refractivity contribution in [3.05, 3.63) is 94.5 Å². The second kappa shape index (κ2) is 11.1. The first kappa shape index (κ1) is 23.0. The third-order valence-electron chi connectivity index (χ3n) is 5.92. The Morgan fingerprint density at radius 2 is 1.58 bits per heavy atom. The van der Waals surface area contributed by atoms with Crippen LogP contribution in [0.1, 0.15) is 29.5 Å². The van der Waals surface area contributed by atoms with E-state index in [9.17, 15) is 0 Å².